The molecule has 1 fully saturated rings. The Morgan fingerprint density at radius 1 is 1.08 bits per heavy atom. The van der Waals surface area contributed by atoms with Gasteiger partial charge in [-0.1, -0.05) is 38.8 Å². The molecule has 1 saturated heterocycles. The van der Waals surface area contributed by atoms with E-state index in [0.717, 1.165) is 48.6 Å². The highest BCUT2D eigenvalue weighted by atomic mass is 32.2. The number of benzene rings is 2. The maximum absolute atomic E-state index is 13.4. The van der Waals surface area contributed by atoms with Gasteiger partial charge >= 0.3 is 0 Å². The number of nitrogens with zero attached hydrogens (tertiary/aromatic N) is 2. The van der Waals surface area contributed by atoms with Gasteiger partial charge in [-0.05, 0) is 73.7 Å². The van der Waals surface area contributed by atoms with Gasteiger partial charge in [-0.15, -0.1) is 0 Å². The van der Waals surface area contributed by atoms with Crippen LogP contribution in [0.25, 0.3) is 0 Å². The average Bonchev–Trinajstić information content (AvgIpc) is 2.90. The zero-order valence-corrected chi connectivity index (χ0v) is 24.3. The minimum Gasteiger partial charge on any atom is -0.492 e. The number of carbonyl (C=O) groups excluding carboxylic acids is 1. The molecule has 0 spiro atoms. The van der Waals surface area contributed by atoms with E-state index in [1.54, 1.807) is 25.3 Å². The van der Waals surface area contributed by atoms with Crippen LogP contribution in [-0.2, 0) is 5.41 Å². The summed E-state index contributed by atoms with van der Waals surface area (Å²) in [5.74, 6) is 1.99. The molecule has 0 atom stereocenters. The summed E-state index contributed by atoms with van der Waals surface area (Å²) in [7, 11) is 1.60. The molecule has 2 aromatic carbocycles. The summed E-state index contributed by atoms with van der Waals surface area (Å²) < 4.78 is 15.1. The lowest BCUT2D eigenvalue weighted by atomic mass is 9.86. The van der Waals surface area contributed by atoms with E-state index < -0.39 is 0 Å². The second kappa shape index (κ2) is 12.6. The lowest BCUT2D eigenvalue weighted by Crippen LogP contribution is -2.35. The molecule has 1 amide bonds. The fourth-order valence-corrected chi connectivity index (χ4v) is 4.74. The first-order valence-corrected chi connectivity index (χ1v) is 14.3. The van der Waals surface area contributed by atoms with Crippen LogP contribution in [0.5, 0.6) is 17.4 Å². The van der Waals surface area contributed by atoms with Crippen LogP contribution in [0.2, 0.25) is 0 Å². The van der Waals surface area contributed by atoms with E-state index in [-0.39, 0.29) is 11.3 Å². The first kappa shape index (κ1) is 28.5. The van der Waals surface area contributed by atoms with E-state index in [4.69, 9.17) is 9.47 Å². The normalized spacial score (nSPS) is 14.0. The summed E-state index contributed by atoms with van der Waals surface area (Å²) in [6.07, 6.45) is 5.50. The zero-order valence-electron chi connectivity index (χ0n) is 23.5. The number of piperidine rings is 1. The standard InChI is InChI=1S/C29H38N6O3S/c1-18-7-8-19(13-24(18)38-26-16-25(31-17-32-26)33-21-9-11-30-12-10-21)28(36)34-22-14-20(29(2,3)4)15-23(35-39-6)27(22)37-5/h7-8,13-17,21,30,35H,9-12H2,1-6H3,(H,34,36)(H,31,32,33). The molecule has 0 aliphatic carbocycles. The molecule has 0 saturated carbocycles. The third-order valence-electron chi connectivity index (χ3n) is 6.62. The first-order chi connectivity index (χ1) is 18.7. The van der Waals surface area contributed by atoms with Gasteiger partial charge in [-0.2, -0.15) is 0 Å². The number of carbonyl (C=O) groups is 1. The van der Waals surface area contributed by atoms with E-state index >= 15 is 0 Å². The van der Waals surface area contributed by atoms with Crippen LogP contribution in [0.1, 0.15) is 55.1 Å². The first-order valence-electron chi connectivity index (χ1n) is 13.1. The quantitative estimate of drug-likeness (QED) is 0.239. The SMILES string of the molecule is COc1c(NSC)cc(C(C)(C)C)cc1NC(=O)c1ccc(C)c(Oc2cc(NC3CCNCC3)ncn2)c1. The molecule has 0 unspecified atom stereocenters. The molecule has 4 rings (SSSR count). The van der Waals surface area contributed by atoms with Gasteiger partial charge in [-0.3, -0.25) is 4.79 Å². The van der Waals surface area contributed by atoms with Gasteiger partial charge < -0.3 is 30.1 Å². The number of aryl methyl sites for hydroxylation is 1. The Morgan fingerprint density at radius 2 is 1.82 bits per heavy atom. The lowest BCUT2D eigenvalue weighted by molar-refractivity contribution is 0.102. The lowest BCUT2D eigenvalue weighted by Gasteiger charge is -2.24. The van der Waals surface area contributed by atoms with Crippen LogP contribution in [0.4, 0.5) is 17.2 Å². The van der Waals surface area contributed by atoms with Crippen LogP contribution in [0.3, 0.4) is 0 Å². The van der Waals surface area contributed by atoms with Crippen molar-refractivity contribution in [1.82, 2.24) is 15.3 Å². The van der Waals surface area contributed by atoms with Gasteiger partial charge in [0.1, 0.15) is 17.9 Å². The molecule has 1 aromatic heterocycles. The largest absolute Gasteiger partial charge is 0.492 e. The Kier molecular flexibility index (Phi) is 9.19. The van der Waals surface area contributed by atoms with E-state index in [0.29, 0.717) is 34.7 Å². The summed E-state index contributed by atoms with van der Waals surface area (Å²) in [4.78, 5) is 22.0. The fraction of sp³-hybridized carbons (Fsp3) is 0.414. The summed E-state index contributed by atoms with van der Waals surface area (Å²) in [6, 6.07) is 11.5. The second-order valence-electron chi connectivity index (χ2n) is 10.6. The maximum atomic E-state index is 13.4. The molecule has 10 heteroatoms. The minimum absolute atomic E-state index is 0.120. The summed E-state index contributed by atoms with van der Waals surface area (Å²) in [5, 5.41) is 9.87. The van der Waals surface area contributed by atoms with Crippen molar-refractivity contribution in [2.24, 2.45) is 0 Å². The zero-order chi connectivity index (χ0) is 28.0. The Labute approximate surface area is 235 Å². The summed E-state index contributed by atoms with van der Waals surface area (Å²) >= 11 is 1.47. The number of amides is 1. The van der Waals surface area contributed by atoms with Crippen LogP contribution in [0.15, 0.2) is 42.7 Å². The van der Waals surface area contributed by atoms with Crippen molar-refractivity contribution in [3.05, 3.63) is 59.4 Å². The molecule has 3 aromatic rings. The predicted molar refractivity (Wildman–Crippen MR) is 160 cm³/mol. The minimum atomic E-state index is -0.268. The van der Waals surface area contributed by atoms with Crippen molar-refractivity contribution in [3.63, 3.8) is 0 Å². The maximum Gasteiger partial charge on any atom is 0.255 e. The smallest absolute Gasteiger partial charge is 0.255 e. The van der Waals surface area contributed by atoms with Crippen molar-refractivity contribution < 1.29 is 14.3 Å². The Bertz CT molecular complexity index is 1300. The molecular weight excluding hydrogens is 512 g/mol. The predicted octanol–water partition coefficient (Wildman–Crippen LogP) is 5.99. The van der Waals surface area contributed by atoms with Crippen LogP contribution < -0.4 is 30.1 Å². The van der Waals surface area contributed by atoms with Crippen molar-refractivity contribution in [2.45, 2.75) is 52.0 Å². The van der Waals surface area contributed by atoms with Crippen LogP contribution >= 0.6 is 11.9 Å². The van der Waals surface area contributed by atoms with Crippen molar-refractivity contribution in [1.29, 1.82) is 0 Å². The topological polar surface area (TPSA) is 109 Å². The highest BCUT2D eigenvalue weighted by Crippen LogP contribution is 2.40. The van der Waals surface area contributed by atoms with Gasteiger partial charge in [0.15, 0.2) is 5.75 Å². The van der Waals surface area contributed by atoms with Crippen LogP contribution in [0, 0.1) is 6.92 Å². The Balaban J connectivity index is 1.55. The van der Waals surface area contributed by atoms with E-state index in [9.17, 15) is 4.79 Å². The number of hydrogen-bond acceptors (Lipinski definition) is 9. The van der Waals surface area contributed by atoms with Gasteiger partial charge in [0.25, 0.3) is 5.91 Å². The molecule has 4 N–H and O–H groups in total. The number of ether oxygens (including phenoxy) is 2. The van der Waals surface area contributed by atoms with E-state index in [1.807, 2.05) is 25.3 Å². The van der Waals surface area contributed by atoms with Gasteiger partial charge in [0, 0.05) is 23.9 Å². The summed E-state index contributed by atoms with van der Waals surface area (Å²) in [6.45, 7) is 10.3. The number of anilines is 3. The number of rotatable bonds is 9. The molecule has 1 aliphatic heterocycles. The third-order valence-corrected chi connectivity index (χ3v) is 7.04. The van der Waals surface area contributed by atoms with Crippen molar-refractivity contribution in [2.75, 3.05) is 41.8 Å². The van der Waals surface area contributed by atoms with Gasteiger partial charge in [-0.25, -0.2) is 9.97 Å². The highest BCUT2D eigenvalue weighted by molar-refractivity contribution is 7.99. The molecule has 1 aliphatic rings. The molecule has 208 valence electrons. The van der Waals surface area contributed by atoms with Crippen LogP contribution in [-0.4, -0.2) is 48.4 Å². The van der Waals surface area contributed by atoms with Crippen molar-refractivity contribution in [3.8, 4) is 17.4 Å². The Morgan fingerprint density at radius 3 is 2.51 bits per heavy atom. The molecule has 0 radical (unpaired) electrons. The van der Waals surface area contributed by atoms with E-state index in [2.05, 4.69) is 57.5 Å². The summed E-state index contributed by atoms with van der Waals surface area (Å²) in [5.41, 5.74) is 3.69. The molecular formula is C29H38N6O3S. The number of nitrogens with one attached hydrogen (secondary N) is 4. The van der Waals surface area contributed by atoms with Gasteiger partial charge in [0.2, 0.25) is 5.88 Å². The van der Waals surface area contributed by atoms with E-state index in [1.165, 1.54) is 18.3 Å². The Hall–Kier alpha value is -3.50. The number of hydrogen-bond donors (Lipinski definition) is 4. The van der Waals surface area contributed by atoms with Crippen molar-refractivity contribution >= 4 is 35.0 Å². The number of aromatic nitrogens is 2. The van der Waals surface area contributed by atoms with Gasteiger partial charge in [0.05, 0.1) is 18.5 Å². The molecule has 39 heavy (non-hydrogen) atoms. The number of methoxy groups -OCH3 is 1. The highest BCUT2D eigenvalue weighted by Gasteiger charge is 2.22. The second-order valence-corrected chi connectivity index (χ2v) is 11.2. The molecule has 2 heterocycles. The fourth-order valence-electron chi connectivity index (χ4n) is 4.37. The third kappa shape index (κ3) is 7.33. The molecule has 9 nitrogen and oxygen atoms in total. The molecule has 0 bridgehead atoms. The average molecular weight is 551 g/mol. The monoisotopic (exact) mass is 550 g/mol.